The molecule has 1 atom stereocenters. The number of carbonyl (C=O) groups excluding carboxylic acids is 2. The highest BCUT2D eigenvalue weighted by Crippen LogP contribution is 2.22. The van der Waals surface area contributed by atoms with Gasteiger partial charge < -0.3 is 25.0 Å². The quantitative estimate of drug-likeness (QED) is 0.734. The van der Waals surface area contributed by atoms with Crippen molar-refractivity contribution in [3.05, 3.63) is 0 Å². The Labute approximate surface area is 151 Å². The Morgan fingerprint density at radius 1 is 1.20 bits per heavy atom. The number of nitrogens with one attached hydrogen (secondary N) is 2. The van der Waals surface area contributed by atoms with E-state index < -0.39 is 17.7 Å². The fourth-order valence-electron chi connectivity index (χ4n) is 2.84. The van der Waals surface area contributed by atoms with Crippen LogP contribution in [-0.2, 0) is 9.47 Å². The molecule has 1 aliphatic rings. The van der Waals surface area contributed by atoms with E-state index in [9.17, 15) is 9.59 Å². The van der Waals surface area contributed by atoms with Gasteiger partial charge in [0.05, 0.1) is 19.3 Å². The molecule has 0 aliphatic heterocycles. The Morgan fingerprint density at radius 3 is 2.28 bits per heavy atom. The van der Waals surface area contributed by atoms with E-state index in [1.54, 1.807) is 11.9 Å². The van der Waals surface area contributed by atoms with Crippen LogP contribution >= 0.6 is 0 Å². The Kier molecular flexibility index (Phi) is 8.48. The highest BCUT2D eigenvalue weighted by Gasteiger charge is 2.31. The summed E-state index contributed by atoms with van der Waals surface area (Å²) < 4.78 is 11.5. The highest BCUT2D eigenvalue weighted by atomic mass is 16.6. The van der Waals surface area contributed by atoms with Crippen LogP contribution in [0.1, 0.15) is 60.3 Å². The lowest BCUT2D eigenvalue weighted by molar-refractivity contribution is -0.0296. The Hall–Kier alpha value is -1.50. The van der Waals surface area contributed by atoms with Crippen molar-refractivity contribution in [2.45, 2.75) is 84.1 Å². The molecule has 1 unspecified atom stereocenters. The van der Waals surface area contributed by atoms with E-state index >= 15 is 0 Å². The Morgan fingerprint density at radius 2 is 1.80 bits per heavy atom. The lowest BCUT2D eigenvalue weighted by Gasteiger charge is -2.37. The zero-order chi connectivity index (χ0) is 19.0. The van der Waals surface area contributed by atoms with E-state index in [1.165, 1.54) is 12.8 Å². The number of hydrogen-bond acceptors (Lipinski definition) is 4. The monoisotopic (exact) mass is 357 g/mol. The van der Waals surface area contributed by atoms with Gasteiger partial charge in [-0.05, 0) is 47.5 Å². The smallest absolute Gasteiger partial charge is 0.407 e. The van der Waals surface area contributed by atoms with Crippen molar-refractivity contribution < 1.29 is 19.1 Å². The molecule has 7 heteroatoms. The van der Waals surface area contributed by atoms with Crippen molar-refractivity contribution in [3.63, 3.8) is 0 Å². The number of alkyl carbamates (subject to hydrolysis) is 1. The molecule has 7 nitrogen and oxygen atoms in total. The van der Waals surface area contributed by atoms with Crippen LogP contribution in [0.2, 0.25) is 0 Å². The van der Waals surface area contributed by atoms with Gasteiger partial charge in [0.25, 0.3) is 0 Å². The molecule has 0 bridgehead atoms. The first-order chi connectivity index (χ1) is 11.6. The molecule has 0 aromatic heterocycles. The summed E-state index contributed by atoms with van der Waals surface area (Å²) in [5, 5.41) is 5.37. The van der Waals surface area contributed by atoms with Crippen LogP contribution in [0.3, 0.4) is 0 Å². The molecule has 0 saturated heterocycles. The van der Waals surface area contributed by atoms with Gasteiger partial charge in [0.1, 0.15) is 6.10 Å². The van der Waals surface area contributed by atoms with Crippen LogP contribution < -0.4 is 10.6 Å². The zero-order valence-corrected chi connectivity index (χ0v) is 16.6. The van der Waals surface area contributed by atoms with Crippen molar-refractivity contribution in [2.24, 2.45) is 0 Å². The molecule has 146 valence electrons. The minimum atomic E-state index is -0.518. The number of carbonyl (C=O) groups is 2. The summed E-state index contributed by atoms with van der Waals surface area (Å²) in [6.45, 7) is 10.2. The molecular weight excluding hydrogens is 322 g/mol. The van der Waals surface area contributed by atoms with Crippen LogP contribution in [0.25, 0.3) is 0 Å². The Bertz CT molecular complexity index is 429. The van der Waals surface area contributed by atoms with E-state index in [2.05, 4.69) is 10.6 Å². The van der Waals surface area contributed by atoms with Gasteiger partial charge in [0, 0.05) is 18.6 Å². The van der Waals surface area contributed by atoms with Gasteiger partial charge in [-0.3, -0.25) is 0 Å². The van der Waals surface area contributed by atoms with Crippen molar-refractivity contribution in [3.8, 4) is 0 Å². The maximum Gasteiger partial charge on any atom is 0.407 e. The van der Waals surface area contributed by atoms with Crippen molar-refractivity contribution in [2.75, 3.05) is 20.2 Å². The summed E-state index contributed by atoms with van der Waals surface area (Å²) in [7, 11) is 1.59. The standard InChI is InChI=1S/C18H35N3O4/c1-13(2)20-17(23)25-15(12-24-14-9-7-8-10-14)11-21(16(22)19-6)18(3,4)5/h13-15H,7-12H2,1-6H3,(H,19,22)(H,20,23). The molecule has 0 spiro atoms. The molecule has 0 aromatic carbocycles. The van der Waals surface area contributed by atoms with E-state index in [0.29, 0.717) is 6.61 Å². The fraction of sp³-hybridized carbons (Fsp3) is 0.889. The van der Waals surface area contributed by atoms with Gasteiger partial charge in [-0.25, -0.2) is 9.59 Å². The zero-order valence-electron chi connectivity index (χ0n) is 16.6. The maximum atomic E-state index is 12.2. The van der Waals surface area contributed by atoms with Crippen LogP contribution in [0.4, 0.5) is 9.59 Å². The number of hydrogen-bond donors (Lipinski definition) is 2. The van der Waals surface area contributed by atoms with Crippen molar-refractivity contribution in [1.82, 2.24) is 15.5 Å². The number of amides is 3. The first kappa shape index (κ1) is 21.5. The summed E-state index contributed by atoms with van der Waals surface area (Å²) in [4.78, 5) is 25.9. The van der Waals surface area contributed by atoms with Gasteiger partial charge in [-0.2, -0.15) is 0 Å². The maximum absolute atomic E-state index is 12.2. The summed E-state index contributed by atoms with van der Waals surface area (Å²) in [5.41, 5.74) is -0.399. The van der Waals surface area contributed by atoms with Crippen LogP contribution in [0, 0.1) is 0 Å². The minimum absolute atomic E-state index is 0.0124. The van der Waals surface area contributed by atoms with Crippen LogP contribution in [0.5, 0.6) is 0 Å². The second-order valence-electron chi connectivity index (χ2n) is 7.90. The van der Waals surface area contributed by atoms with E-state index in [-0.39, 0.29) is 24.7 Å². The molecule has 1 saturated carbocycles. The first-order valence-corrected chi connectivity index (χ1v) is 9.21. The molecule has 1 aliphatic carbocycles. The summed E-state index contributed by atoms with van der Waals surface area (Å²) in [6, 6.07) is -0.215. The molecule has 2 N–H and O–H groups in total. The first-order valence-electron chi connectivity index (χ1n) is 9.21. The number of nitrogens with zero attached hydrogens (tertiary/aromatic N) is 1. The summed E-state index contributed by atoms with van der Waals surface area (Å²) in [5.74, 6) is 0. The molecule has 0 heterocycles. The molecule has 25 heavy (non-hydrogen) atoms. The normalized spacial score (nSPS) is 16.6. The van der Waals surface area contributed by atoms with Gasteiger partial charge in [-0.15, -0.1) is 0 Å². The van der Waals surface area contributed by atoms with Gasteiger partial charge >= 0.3 is 12.1 Å². The minimum Gasteiger partial charge on any atom is -0.442 e. The lowest BCUT2D eigenvalue weighted by atomic mass is 10.1. The molecule has 1 fully saturated rings. The SMILES string of the molecule is CNC(=O)N(CC(COC1CCCC1)OC(=O)NC(C)C)C(C)(C)C. The second-order valence-corrected chi connectivity index (χ2v) is 7.90. The lowest BCUT2D eigenvalue weighted by Crippen LogP contribution is -2.54. The molecule has 3 amide bonds. The fourth-order valence-corrected chi connectivity index (χ4v) is 2.84. The average Bonchev–Trinajstić information content (AvgIpc) is 3.00. The van der Waals surface area contributed by atoms with Crippen molar-refractivity contribution in [1.29, 1.82) is 0 Å². The average molecular weight is 357 g/mol. The van der Waals surface area contributed by atoms with Crippen molar-refractivity contribution >= 4 is 12.1 Å². The highest BCUT2D eigenvalue weighted by molar-refractivity contribution is 5.74. The summed E-state index contributed by atoms with van der Waals surface area (Å²) >= 11 is 0. The second kappa shape index (κ2) is 9.85. The van der Waals surface area contributed by atoms with Gasteiger partial charge in [0.2, 0.25) is 0 Å². The van der Waals surface area contributed by atoms with E-state index in [4.69, 9.17) is 9.47 Å². The number of urea groups is 1. The molecular formula is C18H35N3O4. The molecule has 1 rings (SSSR count). The van der Waals surface area contributed by atoms with E-state index in [0.717, 1.165) is 12.8 Å². The third-order valence-corrected chi connectivity index (χ3v) is 4.16. The summed E-state index contributed by atoms with van der Waals surface area (Å²) in [6.07, 6.45) is 3.67. The topological polar surface area (TPSA) is 79.9 Å². The van der Waals surface area contributed by atoms with Gasteiger partial charge in [0.15, 0.2) is 0 Å². The molecule has 0 aromatic rings. The predicted molar refractivity (Wildman–Crippen MR) is 97.7 cm³/mol. The largest absolute Gasteiger partial charge is 0.442 e. The van der Waals surface area contributed by atoms with E-state index in [1.807, 2.05) is 34.6 Å². The predicted octanol–water partition coefficient (Wildman–Crippen LogP) is 2.89. The van der Waals surface area contributed by atoms with Crippen LogP contribution in [-0.4, -0.2) is 61.0 Å². The number of rotatable bonds is 7. The van der Waals surface area contributed by atoms with Crippen LogP contribution in [0.15, 0.2) is 0 Å². The third-order valence-electron chi connectivity index (χ3n) is 4.16. The van der Waals surface area contributed by atoms with Gasteiger partial charge in [-0.1, -0.05) is 12.8 Å². The Balaban J connectivity index is 2.75. The molecule has 0 radical (unpaired) electrons. The third kappa shape index (κ3) is 7.94. The number of ether oxygens (including phenoxy) is 2.